The van der Waals surface area contributed by atoms with Crippen LogP contribution in [0.2, 0.25) is 0 Å². The van der Waals surface area contributed by atoms with Crippen molar-refractivity contribution in [2.75, 3.05) is 12.3 Å². The monoisotopic (exact) mass is 276 g/mol. The van der Waals surface area contributed by atoms with Gasteiger partial charge in [0.15, 0.2) is 0 Å². The minimum Gasteiger partial charge on any atom is -0.399 e. The number of carbonyl (C=O) groups excluding carboxylic acids is 1. The maximum atomic E-state index is 11.8. The first kappa shape index (κ1) is 16.5. The van der Waals surface area contributed by atoms with Crippen LogP contribution in [0.1, 0.15) is 51.5 Å². The molecular weight excluding hydrogens is 248 g/mol. The van der Waals surface area contributed by atoms with E-state index in [0.29, 0.717) is 12.3 Å². The van der Waals surface area contributed by atoms with Crippen LogP contribution in [-0.2, 0) is 11.2 Å². The summed E-state index contributed by atoms with van der Waals surface area (Å²) in [7, 11) is 0. The average molecular weight is 276 g/mol. The fourth-order valence-electron chi connectivity index (χ4n) is 2.23. The largest absolute Gasteiger partial charge is 0.399 e. The van der Waals surface area contributed by atoms with Gasteiger partial charge in [0, 0.05) is 18.7 Å². The first-order valence-electron chi connectivity index (χ1n) is 7.76. The summed E-state index contributed by atoms with van der Waals surface area (Å²) < 4.78 is 0. The molecule has 0 aromatic heterocycles. The van der Waals surface area contributed by atoms with Crippen molar-refractivity contribution in [3.05, 3.63) is 29.8 Å². The van der Waals surface area contributed by atoms with Crippen LogP contribution in [0.15, 0.2) is 24.3 Å². The van der Waals surface area contributed by atoms with Crippen molar-refractivity contribution in [1.82, 2.24) is 5.32 Å². The number of nitrogens with two attached hydrogens (primary N) is 1. The fraction of sp³-hybridized carbons (Fsp3) is 0.588. The molecule has 1 unspecified atom stereocenters. The Hall–Kier alpha value is -1.51. The maximum absolute atomic E-state index is 11.8. The summed E-state index contributed by atoms with van der Waals surface area (Å²) in [4.78, 5) is 11.8. The van der Waals surface area contributed by atoms with Crippen molar-refractivity contribution >= 4 is 11.6 Å². The molecule has 0 heterocycles. The first-order valence-corrected chi connectivity index (χ1v) is 7.76. The predicted octanol–water partition coefficient (Wildman–Crippen LogP) is 3.53. The van der Waals surface area contributed by atoms with Crippen LogP contribution >= 0.6 is 0 Å². The van der Waals surface area contributed by atoms with E-state index in [1.807, 2.05) is 24.3 Å². The molecule has 0 saturated carbocycles. The number of aryl methyl sites for hydroxylation is 1. The third-order valence-electron chi connectivity index (χ3n) is 3.75. The molecule has 3 nitrogen and oxygen atoms in total. The Bertz CT molecular complexity index is 386. The van der Waals surface area contributed by atoms with Gasteiger partial charge in [-0.3, -0.25) is 4.79 Å². The second kappa shape index (κ2) is 9.40. The van der Waals surface area contributed by atoms with Crippen LogP contribution in [0.5, 0.6) is 0 Å². The van der Waals surface area contributed by atoms with Crippen molar-refractivity contribution < 1.29 is 4.79 Å². The number of hydrogen-bond donors (Lipinski definition) is 2. The number of unbranched alkanes of at least 4 members (excludes halogenated alkanes) is 1. The number of nitrogens with one attached hydrogen (secondary N) is 1. The lowest BCUT2D eigenvalue weighted by Gasteiger charge is -2.15. The van der Waals surface area contributed by atoms with E-state index in [1.54, 1.807) is 0 Å². The average Bonchev–Trinajstić information content (AvgIpc) is 2.47. The molecule has 1 rings (SSSR count). The van der Waals surface area contributed by atoms with Crippen molar-refractivity contribution in [1.29, 1.82) is 0 Å². The molecule has 0 saturated heterocycles. The molecule has 0 bridgehead atoms. The molecule has 1 amide bonds. The smallest absolute Gasteiger partial charge is 0.220 e. The van der Waals surface area contributed by atoms with Gasteiger partial charge in [-0.25, -0.2) is 0 Å². The Kier molecular flexibility index (Phi) is 7.78. The van der Waals surface area contributed by atoms with E-state index in [-0.39, 0.29) is 5.91 Å². The number of carbonyl (C=O) groups is 1. The Morgan fingerprint density at radius 2 is 1.95 bits per heavy atom. The lowest BCUT2D eigenvalue weighted by molar-refractivity contribution is -0.121. The van der Waals surface area contributed by atoms with E-state index < -0.39 is 0 Å². The van der Waals surface area contributed by atoms with Gasteiger partial charge in [-0.05, 0) is 36.5 Å². The standard InChI is InChI=1S/C17H28N2O/c1-3-5-6-14(4-2)13-19-17(20)12-9-15-7-10-16(18)11-8-15/h7-8,10-11,14H,3-6,9,12-13,18H2,1-2H3,(H,19,20). The Morgan fingerprint density at radius 3 is 2.55 bits per heavy atom. The van der Waals surface area contributed by atoms with Crippen LogP contribution in [0.25, 0.3) is 0 Å². The highest BCUT2D eigenvalue weighted by molar-refractivity contribution is 5.76. The number of hydrogen-bond acceptors (Lipinski definition) is 2. The zero-order valence-electron chi connectivity index (χ0n) is 12.8. The minimum absolute atomic E-state index is 0.150. The van der Waals surface area contributed by atoms with Gasteiger partial charge < -0.3 is 11.1 Å². The maximum Gasteiger partial charge on any atom is 0.220 e. The molecule has 3 N–H and O–H groups in total. The van der Waals surface area contributed by atoms with E-state index in [1.165, 1.54) is 19.3 Å². The number of rotatable bonds is 9. The number of benzene rings is 1. The van der Waals surface area contributed by atoms with Gasteiger partial charge in [-0.1, -0.05) is 45.2 Å². The second-order valence-corrected chi connectivity index (χ2v) is 5.46. The van der Waals surface area contributed by atoms with Crippen molar-refractivity contribution in [2.45, 2.75) is 52.4 Å². The molecule has 0 fully saturated rings. The van der Waals surface area contributed by atoms with E-state index in [4.69, 9.17) is 5.73 Å². The van der Waals surface area contributed by atoms with Crippen LogP contribution in [0.3, 0.4) is 0 Å². The normalized spacial score (nSPS) is 12.1. The molecule has 1 atom stereocenters. The minimum atomic E-state index is 0.150. The Balaban J connectivity index is 2.24. The number of amides is 1. The zero-order valence-corrected chi connectivity index (χ0v) is 12.8. The van der Waals surface area contributed by atoms with Crippen LogP contribution < -0.4 is 11.1 Å². The quantitative estimate of drug-likeness (QED) is 0.678. The molecule has 0 aliphatic carbocycles. The van der Waals surface area contributed by atoms with Gasteiger partial charge in [0.1, 0.15) is 0 Å². The molecule has 0 aliphatic rings. The molecule has 3 heteroatoms. The highest BCUT2D eigenvalue weighted by atomic mass is 16.1. The van der Waals surface area contributed by atoms with Gasteiger partial charge in [0.2, 0.25) is 5.91 Å². The topological polar surface area (TPSA) is 55.1 Å². The zero-order chi connectivity index (χ0) is 14.8. The lowest BCUT2D eigenvalue weighted by atomic mass is 9.99. The summed E-state index contributed by atoms with van der Waals surface area (Å²) in [6.07, 6.45) is 6.15. The van der Waals surface area contributed by atoms with Crippen molar-refractivity contribution in [2.24, 2.45) is 5.92 Å². The van der Waals surface area contributed by atoms with Crippen molar-refractivity contribution in [3.8, 4) is 0 Å². The Labute approximate surface area is 122 Å². The predicted molar refractivity (Wildman–Crippen MR) is 85.5 cm³/mol. The van der Waals surface area contributed by atoms with Gasteiger partial charge in [-0.15, -0.1) is 0 Å². The molecule has 0 aliphatic heterocycles. The summed E-state index contributed by atoms with van der Waals surface area (Å²) in [6, 6.07) is 7.73. The third kappa shape index (κ3) is 6.60. The molecule has 1 aromatic carbocycles. The fourth-order valence-corrected chi connectivity index (χ4v) is 2.23. The van der Waals surface area contributed by atoms with E-state index in [0.717, 1.165) is 30.6 Å². The molecule has 1 aromatic rings. The van der Waals surface area contributed by atoms with Gasteiger partial charge in [0.25, 0.3) is 0 Å². The van der Waals surface area contributed by atoms with Crippen LogP contribution in [-0.4, -0.2) is 12.5 Å². The molecule has 0 radical (unpaired) electrons. The van der Waals surface area contributed by atoms with Crippen LogP contribution in [0, 0.1) is 5.92 Å². The molecule has 0 spiro atoms. The first-order chi connectivity index (χ1) is 9.65. The second-order valence-electron chi connectivity index (χ2n) is 5.46. The van der Waals surface area contributed by atoms with Gasteiger partial charge in [0.05, 0.1) is 0 Å². The van der Waals surface area contributed by atoms with Crippen LogP contribution in [0.4, 0.5) is 5.69 Å². The summed E-state index contributed by atoms with van der Waals surface area (Å²) in [5.41, 5.74) is 7.56. The van der Waals surface area contributed by atoms with E-state index in [2.05, 4.69) is 19.2 Å². The Morgan fingerprint density at radius 1 is 1.25 bits per heavy atom. The highest BCUT2D eigenvalue weighted by Crippen LogP contribution is 2.11. The summed E-state index contributed by atoms with van der Waals surface area (Å²) in [6.45, 7) is 5.22. The molecule has 20 heavy (non-hydrogen) atoms. The van der Waals surface area contributed by atoms with Crippen molar-refractivity contribution in [3.63, 3.8) is 0 Å². The summed E-state index contributed by atoms with van der Waals surface area (Å²) in [5.74, 6) is 0.771. The number of nitrogen functional groups attached to an aromatic ring is 1. The van der Waals surface area contributed by atoms with E-state index in [9.17, 15) is 4.79 Å². The third-order valence-corrected chi connectivity index (χ3v) is 3.75. The summed E-state index contributed by atoms with van der Waals surface area (Å²) >= 11 is 0. The molecular formula is C17H28N2O. The lowest BCUT2D eigenvalue weighted by Crippen LogP contribution is -2.29. The summed E-state index contributed by atoms with van der Waals surface area (Å²) in [5, 5.41) is 3.06. The highest BCUT2D eigenvalue weighted by Gasteiger charge is 2.08. The van der Waals surface area contributed by atoms with Gasteiger partial charge in [-0.2, -0.15) is 0 Å². The van der Waals surface area contributed by atoms with E-state index >= 15 is 0 Å². The number of anilines is 1. The SMILES string of the molecule is CCCCC(CC)CNC(=O)CCc1ccc(N)cc1. The molecule has 112 valence electrons. The van der Waals surface area contributed by atoms with Gasteiger partial charge >= 0.3 is 0 Å².